The van der Waals surface area contributed by atoms with E-state index in [9.17, 15) is 9.90 Å². The second kappa shape index (κ2) is 11.1. The third-order valence-corrected chi connectivity index (χ3v) is 7.92. The van der Waals surface area contributed by atoms with Gasteiger partial charge in [-0.1, -0.05) is 30.3 Å². The fraction of sp³-hybridized carbons (Fsp3) is 0.483. The van der Waals surface area contributed by atoms with Crippen molar-refractivity contribution in [2.45, 2.75) is 44.6 Å². The zero-order valence-electron chi connectivity index (χ0n) is 21.4. The predicted octanol–water partition coefficient (Wildman–Crippen LogP) is 3.13. The number of benzene rings is 2. The molecule has 1 aromatic heterocycles. The Bertz CT molecular complexity index is 1140. The highest BCUT2D eigenvalue weighted by Crippen LogP contribution is 2.29. The molecule has 7 nitrogen and oxygen atoms in total. The highest BCUT2D eigenvalue weighted by molar-refractivity contribution is 5.98. The predicted molar refractivity (Wildman–Crippen MR) is 144 cm³/mol. The third kappa shape index (κ3) is 5.65. The van der Waals surface area contributed by atoms with Crippen molar-refractivity contribution in [1.29, 1.82) is 0 Å². The number of hydrogen-bond acceptors (Lipinski definition) is 5. The maximum absolute atomic E-state index is 13.5. The Morgan fingerprint density at radius 2 is 1.86 bits per heavy atom. The van der Waals surface area contributed by atoms with Crippen LogP contribution in [0.15, 0.2) is 60.8 Å². The topological polar surface area (TPSA) is 74.8 Å². The zero-order valence-corrected chi connectivity index (χ0v) is 21.4. The molecule has 0 aliphatic carbocycles. The highest BCUT2D eigenvalue weighted by Gasteiger charge is 2.39. The van der Waals surface area contributed by atoms with Crippen LogP contribution < -0.4 is 5.32 Å². The summed E-state index contributed by atoms with van der Waals surface area (Å²) in [6.45, 7) is 6.55. The average molecular weight is 490 g/mol. The Morgan fingerprint density at radius 1 is 1.08 bits per heavy atom. The Kier molecular flexibility index (Phi) is 7.72. The lowest BCUT2D eigenvalue weighted by atomic mass is 9.87. The summed E-state index contributed by atoms with van der Waals surface area (Å²) in [7, 11) is 2.15. The number of likely N-dealkylation sites (tertiary alicyclic amines) is 1. The molecule has 2 aliphatic rings. The third-order valence-electron chi connectivity index (χ3n) is 7.92. The zero-order chi connectivity index (χ0) is 25.1. The number of fused-ring (bicyclic) bond motifs is 1. The van der Waals surface area contributed by atoms with E-state index in [1.54, 1.807) is 0 Å². The van der Waals surface area contributed by atoms with Gasteiger partial charge in [-0.2, -0.15) is 0 Å². The van der Waals surface area contributed by atoms with Crippen molar-refractivity contribution < 1.29 is 9.90 Å². The summed E-state index contributed by atoms with van der Waals surface area (Å²) in [4.78, 5) is 23.7. The molecule has 3 heterocycles. The average Bonchev–Trinajstić information content (AvgIpc) is 3.35. The van der Waals surface area contributed by atoms with Gasteiger partial charge < -0.3 is 20.3 Å². The molecule has 0 saturated carbocycles. The number of piperazine rings is 1. The molecule has 36 heavy (non-hydrogen) atoms. The largest absolute Gasteiger partial charge is 0.390 e. The van der Waals surface area contributed by atoms with E-state index in [1.165, 1.54) is 5.56 Å². The molecule has 0 spiro atoms. The van der Waals surface area contributed by atoms with E-state index < -0.39 is 6.10 Å². The Labute approximate surface area is 214 Å². The number of likely N-dealkylation sites (N-methyl/N-ethyl adjacent to an activating group) is 1. The van der Waals surface area contributed by atoms with Crippen LogP contribution in [0.4, 0.5) is 0 Å². The monoisotopic (exact) mass is 489 g/mol. The number of nitrogens with one attached hydrogen (secondary N) is 2. The summed E-state index contributed by atoms with van der Waals surface area (Å²) in [5.74, 6) is 0.416. The van der Waals surface area contributed by atoms with Crippen LogP contribution in [0.3, 0.4) is 0 Å². The lowest BCUT2D eigenvalue weighted by Gasteiger charge is -2.50. The summed E-state index contributed by atoms with van der Waals surface area (Å²) < 4.78 is 0. The van der Waals surface area contributed by atoms with Crippen molar-refractivity contribution >= 4 is 16.8 Å². The molecule has 2 aromatic carbocycles. The van der Waals surface area contributed by atoms with Crippen LogP contribution in [0.1, 0.15) is 35.7 Å². The van der Waals surface area contributed by atoms with E-state index >= 15 is 0 Å². The lowest BCUT2D eigenvalue weighted by molar-refractivity contribution is -0.0922. The Hall–Kier alpha value is -2.71. The summed E-state index contributed by atoms with van der Waals surface area (Å²) in [6.07, 6.45) is 4.04. The maximum Gasteiger partial charge on any atom is 0.252 e. The molecule has 2 fully saturated rings. The number of aromatic nitrogens is 1. The van der Waals surface area contributed by atoms with Crippen molar-refractivity contribution in [3.63, 3.8) is 0 Å². The van der Waals surface area contributed by atoms with Crippen molar-refractivity contribution in [3.8, 4) is 0 Å². The van der Waals surface area contributed by atoms with Gasteiger partial charge in [-0.15, -0.1) is 0 Å². The quantitative estimate of drug-likeness (QED) is 0.476. The van der Waals surface area contributed by atoms with Gasteiger partial charge in [-0.3, -0.25) is 14.6 Å². The molecule has 5 rings (SSSR count). The van der Waals surface area contributed by atoms with Crippen molar-refractivity contribution in [2.75, 3.05) is 39.8 Å². The number of hydrogen-bond donors (Lipinski definition) is 3. The summed E-state index contributed by atoms with van der Waals surface area (Å²) in [5.41, 5.74) is 3.03. The van der Waals surface area contributed by atoms with E-state index in [2.05, 4.69) is 62.4 Å². The number of aliphatic hydroxyl groups is 1. The standard InChI is InChI=1S/C29H39N5O2/c1-21(35)29(33-16-14-32(2)15-17-33)34-13-11-23(18-22-6-4-3-5-7-22)19-27(34)31-28(36)25-8-9-26-24(20-25)10-12-30-26/h3-10,12,20-21,23,27,29-30,35H,11,13-19H2,1-2H3,(H,31,36). The van der Waals surface area contributed by atoms with E-state index in [0.29, 0.717) is 11.5 Å². The molecule has 1 amide bonds. The first kappa shape index (κ1) is 25.0. The molecule has 0 radical (unpaired) electrons. The second-order valence-electron chi connectivity index (χ2n) is 10.6. The van der Waals surface area contributed by atoms with Crippen molar-refractivity contribution in [3.05, 3.63) is 71.9 Å². The Morgan fingerprint density at radius 3 is 2.61 bits per heavy atom. The number of amides is 1. The fourth-order valence-electron chi connectivity index (χ4n) is 5.96. The number of aliphatic hydroxyl groups excluding tert-OH is 1. The number of aromatic amines is 1. The molecule has 7 heteroatoms. The molecule has 0 bridgehead atoms. The van der Waals surface area contributed by atoms with Gasteiger partial charge in [0.05, 0.1) is 18.4 Å². The van der Waals surface area contributed by atoms with Crippen LogP contribution in [0.5, 0.6) is 0 Å². The normalized spacial score (nSPS) is 24.0. The lowest BCUT2D eigenvalue weighted by Crippen LogP contribution is -2.65. The number of rotatable bonds is 7. The molecule has 2 saturated heterocycles. The molecule has 4 atom stereocenters. The maximum atomic E-state index is 13.5. The van der Waals surface area contributed by atoms with E-state index in [0.717, 1.165) is 62.9 Å². The van der Waals surface area contributed by atoms with Crippen molar-refractivity contribution in [1.82, 2.24) is 25.0 Å². The minimum atomic E-state index is -0.519. The summed E-state index contributed by atoms with van der Waals surface area (Å²) >= 11 is 0. The molecular weight excluding hydrogens is 450 g/mol. The SMILES string of the molecule is CC(O)C(N1CCN(C)CC1)N1CCC(Cc2ccccc2)CC1NC(=O)c1ccc2[nH]ccc2c1. The second-order valence-corrected chi connectivity index (χ2v) is 10.6. The summed E-state index contributed by atoms with van der Waals surface area (Å²) in [6, 6.07) is 18.4. The van der Waals surface area contributed by atoms with Crippen LogP contribution in [-0.2, 0) is 6.42 Å². The Balaban J connectivity index is 1.37. The number of piperidine rings is 1. The van der Waals surface area contributed by atoms with E-state index in [1.807, 2.05) is 37.4 Å². The van der Waals surface area contributed by atoms with Gasteiger partial charge in [0.15, 0.2) is 0 Å². The van der Waals surface area contributed by atoms with Crippen LogP contribution in [0, 0.1) is 5.92 Å². The van der Waals surface area contributed by atoms with E-state index in [4.69, 9.17) is 0 Å². The minimum absolute atomic E-state index is 0.0591. The molecule has 192 valence electrons. The van der Waals surface area contributed by atoms with Gasteiger partial charge in [0.25, 0.3) is 5.91 Å². The van der Waals surface area contributed by atoms with Gasteiger partial charge in [-0.05, 0) is 69.0 Å². The molecule has 3 aromatic rings. The fourth-order valence-corrected chi connectivity index (χ4v) is 5.96. The first-order chi connectivity index (χ1) is 17.5. The number of carbonyl (C=O) groups is 1. The molecule has 2 aliphatic heterocycles. The van der Waals surface area contributed by atoms with Gasteiger partial charge in [0.1, 0.15) is 0 Å². The number of nitrogens with zero attached hydrogens (tertiary/aromatic N) is 3. The molecule has 3 N–H and O–H groups in total. The number of carbonyl (C=O) groups excluding carboxylic acids is 1. The van der Waals surface area contributed by atoms with Gasteiger partial charge in [-0.25, -0.2) is 0 Å². The first-order valence-corrected chi connectivity index (χ1v) is 13.3. The molecular formula is C29H39N5O2. The first-order valence-electron chi connectivity index (χ1n) is 13.3. The summed E-state index contributed by atoms with van der Waals surface area (Å²) in [5, 5.41) is 15.3. The van der Waals surface area contributed by atoms with E-state index in [-0.39, 0.29) is 18.2 Å². The minimum Gasteiger partial charge on any atom is -0.390 e. The highest BCUT2D eigenvalue weighted by atomic mass is 16.3. The van der Waals surface area contributed by atoms with Crippen LogP contribution in [0.25, 0.3) is 10.9 Å². The van der Waals surface area contributed by atoms with Crippen LogP contribution in [-0.4, -0.2) is 88.9 Å². The molecule has 4 unspecified atom stereocenters. The van der Waals surface area contributed by atoms with Gasteiger partial charge >= 0.3 is 0 Å². The smallest absolute Gasteiger partial charge is 0.252 e. The van der Waals surface area contributed by atoms with Crippen LogP contribution in [0.2, 0.25) is 0 Å². The number of H-pyrrole nitrogens is 1. The van der Waals surface area contributed by atoms with Gasteiger partial charge in [0.2, 0.25) is 0 Å². The van der Waals surface area contributed by atoms with Crippen LogP contribution >= 0.6 is 0 Å². The van der Waals surface area contributed by atoms with Gasteiger partial charge in [0, 0.05) is 55.4 Å². The van der Waals surface area contributed by atoms with Crippen molar-refractivity contribution in [2.24, 2.45) is 5.92 Å².